The van der Waals surface area contributed by atoms with E-state index in [4.69, 9.17) is 16.6 Å². The summed E-state index contributed by atoms with van der Waals surface area (Å²) in [5.41, 5.74) is 1.64. The van der Waals surface area contributed by atoms with Gasteiger partial charge in [-0.05, 0) is 49.0 Å². The van der Waals surface area contributed by atoms with Crippen LogP contribution in [0.4, 0.5) is 0 Å². The summed E-state index contributed by atoms with van der Waals surface area (Å²) in [6, 6.07) is 16.0. The Bertz CT molecular complexity index is 1030. The normalized spacial score (nSPS) is 18.7. The summed E-state index contributed by atoms with van der Waals surface area (Å²) >= 11 is 5.58. The number of pyridine rings is 1. The largest absolute Gasteiger partial charge is 0.478 e. The lowest BCUT2D eigenvalue weighted by molar-refractivity contribution is 0.0697. The number of aromatic carboxylic acids is 1. The van der Waals surface area contributed by atoms with Crippen LogP contribution < -0.4 is 5.32 Å². The van der Waals surface area contributed by atoms with Crippen molar-refractivity contribution in [3.05, 3.63) is 77.8 Å². The van der Waals surface area contributed by atoms with E-state index in [-0.39, 0.29) is 17.6 Å². The number of furan rings is 1. The zero-order chi connectivity index (χ0) is 20.4. The van der Waals surface area contributed by atoms with Crippen LogP contribution >= 0.6 is 12.2 Å². The third-order valence-electron chi connectivity index (χ3n) is 5.00. The van der Waals surface area contributed by atoms with Gasteiger partial charge in [-0.25, -0.2) is 4.79 Å². The van der Waals surface area contributed by atoms with Crippen molar-refractivity contribution in [3.8, 4) is 11.3 Å². The van der Waals surface area contributed by atoms with Gasteiger partial charge in [-0.1, -0.05) is 31.2 Å². The van der Waals surface area contributed by atoms with Crippen LogP contribution in [0, 0.1) is 0 Å². The number of benzene rings is 1. The smallest absolute Gasteiger partial charge is 0.336 e. The first-order chi connectivity index (χ1) is 14.1. The van der Waals surface area contributed by atoms with E-state index in [0.29, 0.717) is 16.4 Å². The Morgan fingerprint density at radius 3 is 2.72 bits per heavy atom. The average Bonchev–Trinajstić information content (AvgIpc) is 3.34. The molecule has 29 heavy (non-hydrogen) atoms. The average molecular weight is 407 g/mol. The summed E-state index contributed by atoms with van der Waals surface area (Å²) in [6.07, 6.45) is 2.69. The SMILES string of the molecule is CCCN1C(=S)NC(c2ccccn2)C1c1ccc(-c2ccccc2C(=O)O)o1. The first-order valence-corrected chi connectivity index (χ1v) is 9.91. The predicted octanol–water partition coefficient (Wildman–Crippen LogP) is 4.42. The number of aromatic nitrogens is 1. The lowest BCUT2D eigenvalue weighted by atomic mass is 10.0. The van der Waals surface area contributed by atoms with Crippen LogP contribution in [0.3, 0.4) is 0 Å². The lowest BCUT2D eigenvalue weighted by Gasteiger charge is -2.25. The van der Waals surface area contributed by atoms with Gasteiger partial charge in [-0.3, -0.25) is 4.98 Å². The number of nitrogens with zero attached hydrogens (tertiary/aromatic N) is 2. The van der Waals surface area contributed by atoms with Crippen molar-refractivity contribution in [3.63, 3.8) is 0 Å². The Morgan fingerprint density at radius 1 is 1.21 bits per heavy atom. The second kappa shape index (κ2) is 8.05. The van der Waals surface area contributed by atoms with Crippen LogP contribution in [0.5, 0.6) is 0 Å². The van der Waals surface area contributed by atoms with Crippen molar-refractivity contribution in [1.82, 2.24) is 15.2 Å². The summed E-state index contributed by atoms with van der Waals surface area (Å²) in [4.78, 5) is 18.2. The molecule has 2 aromatic heterocycles. The molecule has 3 heterocycles. The van der Waals surface area contributed by atoms with Gasteiger partial charge in [0.2, 0.25) is 0 Å². The van der Waals surface area contributed by atoms with Crippen LogP contribution in [0.2, 0.25) is 0 Å². The van der Waals surface area contributed by atoms with Gasteiger partial charge in [0.1, 0.15) is 17.6 Å². The van der Waals surface area contributed by atoms with Crippen LogP contribution in [-0.2, 0) is 0 Å². The highest BCUT2D eigenvalue weighted by atomic mass is 32.1. The van der Waals surface area contributed by atoms with Gasteiger partial charge in [-0.15, -0.1) is 0 Å². The second-order valence-electron chi connectivity index (χ2n) is 6.87. The van der Waals surface area contributed by atoms with Crippen molar-refractivity contribution < 1.29 is 14.3 Å². The van der Waals surface area contributed by atoms with E-state index in [1.165, 1.54) is 0 Å². The van der Waals surface area contributed by atoms with Crippen LogP contribution in [0.15, 0.2) is 65.2 Å². The van der Waals surface area contributed by atoms with Gasteiger partial charge < -0.3 is 19.7 Å². The second-order valence-corrected chi connectivity index (χ2v) is 7.26. The molecule has 148 valence electrons. The Balaban J connectivity index is 1.75. The third-order valence-corrected chi connectivity index (χ3v) is 5.36. The predicted molar refractivity (Wildman–Crippen MR) is 114 cm³/mol. The highest BCUT2D eigenvalue weighted by Crippen LogP contribution is 2.40. The Hall–Kier alpha value is -3.19. The van der Waals surface area contributed by atoms with E-state index in [1.54, 1.807) is 30.5 Å². The zero-order valence-electron chi connectivity index (χ0n) is 15.9. The molecule has 2 unspecified atom stereocenters. The van der Waals surface area contributed by atoms with Crippen molar-refractivity contribution in [1.29, 1.82) is 0 Å². The molecule has 4 rings (SSSR count). The van der Waals surface area contributed by atoms with Crippen molar-refractivity contribution in [2.24, 2.45) is 0 Å². The monoisotopic (exact) mass is 407 g/mol. The molecule has 2 N–H and O–H groups in total. The number of hydrogen-bond donors (Lipinski definition) is 2. The molecule has 0 amide bonds. The minimum atomic E-state index is -0.985. The molecule has 1 aliphatic heterocycles. The molecule has 1 fully saturated rings. The van der Waals surface area contributed by atoms with E-state index in [1.807, 2.05) is 30.3 Å². The molecule has 0 bridgehead atoms. The molecule has 1 aromatic carbocycles. The molecule has 7 heteroatoms. The van der Waals surface area contributed by atoms with Crippen molar-refractivity contribution in [2.45, 2.75) is 25.4 Å². The topological polar surface area (TPSA) is 78.6 Å². The maximum Gasteiger partial charge on any atom is 0.336 e. The lowest BCUT2D eigenvalue weighted by Crippen LogP contribution is -2.30. The molecule has 6 nitrogen and oxygen atoms in total. The Labute approximate surface area is 174 Å². The fourth-order valence-electron chi connectivity index (χ4n) is 3.74. The standard InChI is InChI=1S/C22H21N3O3S/c1-2-13-25-20(19(24-22(25)29)16-9-5-6-12-23-16)18-11-10-17(28-18)14-7-3-4-8-15(14)21(26)27/h3-12,19-20H,2,13H2,1H3,(H,24,29)(H,26,27). The fraction of sp³-hybridized carbons (Fsp3) is 0.227. The highest BCUT2D eigenvalue weighted by molar-refractivity contribution is 7.80. The van der Waals surface area contributed by atoms with E-state index < -0.39 is 5.97 Å². The summed E-state index contributed by atoms with van der Waals surface area (Å²) in [5.74, 6) is 0.255. The molecule has 0 saturated carbocycles. The Morgan fingerprint density at radius 2 is 2.00 bits per heavy atom. The number of hydrogen-bond acceptors (Lipinski definition) is 4. The third kappa shape index (κ3) is 3.61. The number of nitrogens with one attached hydrogen (secondary N) is 1. The number of carbonyl (C=O) groups is 1. The molecule has 0 aliphatic carbocycles. The van der Waals surface area contributed by atoms with Crippen LogP contribution in [0.25, 0.3) is 11.3 Å². The summed E-state index contributed by atoms with van der Waals surface area (Å²) in [5, 5.41) is 13.5. The Kier molecular flexibility index (Phi) is 5.31. The molecule has 1 saturated heterocycles. The van der Waals surface area contributed by atoms with E-state index >= 15 is 0 Å². The molecule has 3 aromatic rings. The van der Waals surface area contributed by atoms with E-state index in [9.17, 15) is 9.90 Å². The van der Waals surface area contributed by atoms with Gasteiger partial charge in [0.15, 0.2) is 5.11 Å². The van der Waals surface area contributed by atoms with Crippen molar-refractivity contribution >= 4 is 23.3 Å². The van der Waals surface area contributed by atoms with E-state index in [2.05, 4.69) is 22.1 Å². The summed E-state index contributed by atoms with van der Waals surface area (Å²) in [7, 11) is 0. The highest BCUT2D eigenvalue weighted by Gasteiger charge is 2.41. The maximum atomic E-state index is 11.6. The van der Waals surface area contributed by atoms with E-state index in [0.717, 1.165) is 24.4 Å². The molecule has 1 aliphatic rings. The van der Waals surface area contributed by atoms with Gasteiger partial charge in [-0.2, -0.15) is 0 Å². The van der Waals surface area contributed by atoms with Gasteiger partial charge in [0.05, 0.1) is 17.3 Å². The first-order valence-electron chi connectivity index (χ1n) is 9.50. The summed E-state index contributed by atoms with van der Waals surface area (Å²) < 4.78 is 6.19. The fourth-order valence-corrected chi connectivity index (χ4v) is 4.07. The number of rotatable bonds is 6. The minimum Gasteiger partial charge on any atom is -0.478 e. The van der Waals surface area contributed by atoms with Crippen molar-refractivity contribution in [2.75, 3.05) is 6.54 Å². The molecule has 0 spiro atoms. The first kappa shape index (κ1) is 19.1. The van der Waals surface area contributed by atoms with Gasteiger partial charge >= 0.3 is 5.97 Å². The minimum absolute atomic E-state index is 0.149. The summed E-state index contributed by atoms with van der Waals surface area (Å²) in [6.45, 7) is 2.88. The molecular weight excluding hydrogens is 386 g/mol. The molecule has 2 atom stereocenters. The number of thiocarbonyl (C=S) groups is 1. The van der Waals surface area contributed by atoms with Gasteiger partial charge in [0, 0.05) is 18.3 Å². The van der Waals surface area contributed by atoms with Gasteiger partial charge in [0.25, 0.3) is 0 Å². The molecular formula is C22H21N3O3S. The molecule has 0 radical (unpaired) electrons. The zero-order valence-corrected chi connectivity index (χ0v) is 16.7. The number of carboxylic acids is 1. The quantitative estimate of drug-likeness (QED) is 0.586. The van der Waals surface area contributed by atoms with Crippen LogP contribution in [0.1, 0.15) is 47.2 Å². The number of carboxylic acid groups (broad SMARTS) is 1. The maximum absolute atomic E-state index is 11.6. The van der Waals surface area contributed by atoms with Crippen LogP contribution in [-0.4, -0.2) is 32.6 Å².